The largest absolute Gasteiger partial charge is 0.399 e. The fraction of sp³-hybridized carbons (Fsp3) is 0.231. The molecule has 5 nitrogen and oxygen atoms in total. The van der Waals surface area contributed by atoms with Crippen LogP contribution in [0.5, 0.6) is 0 Å². The molecule has 1 aromatic heterocycles. The lowest BCUT2D eigenvalue weighted by Crippen LogP contribution is -2.25. The molecule has 0 fully saturated rings. The summed E-state index contributed by atoms with van der Waals surface area (Å²) in [5, 5.41) is 7.27. The first-order valence-corrected chi connectivity index (χ1v) is 6.68. The fourth-order valence-electron chi connectivity index (χ4n) is 1.62. The molecule has 0 atom stereocenters. The lowest BCUT2D eigenvalue weighted by molar-refractivity contribution is 0.501. The first-order valence-electron chi connectivity index (χ1n) is 5.89. The van der Waals surface area contributed by atoms with Gasteiger partial charge in [0.1, 0.15) is 4.47 Å². The highest BCUT2D eigenvalue weighted by Gasteiger charge is 2.10. The monoisotopic (exact) mass is 322 g/mol. The maximum atomic E-state index is 12.1. The Labute approximate surface area is 119 Å². The van der Waals surface area contributed by atoms with Crippen molar-refractivity contribution < 1.29 is 0 Å². The van der Waals surface area contributed by atoms with Gasteiger partial charge in [-0.1, -0.05) is 0 Å². The minimum Gasteiger partial charge on any atom is -0.399 e. The summed E-state index contributed by atoms with van der Waals surface area (Å²) in [5.41, 5.74) is 7.64. The number of nitrogens with zero attached hydrogens (tertiary/aromatic N) is 2. The number of rotatable bonds is 3. The molecule has 0 spiro atoms. The van der Waals surface area contributed by atoms with Crippen molar-refractivity contribution in [3.63, 3.8) is 0 Å². The van der Waals surface area contributed by atoms with Gasteiger partial charge in [0.05, 0.1) is 17.9 Å². The van der Waals surface area contributed by atoms with Crippen LogP contribution in [0.1, 0.15) is 19.9 Å². The molecular weight excluding hydrogens is 308 g/mol. The van der Waals surface area contributed by atoms with E-state index < -0.39 is 0 Å². The van der Waals surface area contributed by atoms with Gasteiger partial charge in [-0.15, -0.1) is 0 Å². The predicted octanol–water partition coefficient (Wildman–Crippen LogP) is 2.91. The molecule has 0 radical (unpaired) electrons. The fourth-order valence-corrected chi connectivity index (χ4v) is 2.00. The van der Waals surface area contributed by atoms with Crippen molar-refractivity contribution in [3.05, 3.63) is 45.3 Å². The number of aromatic nitrogens is 2. The smallest absolute Gasteiger partial charge is 0.283 e. The van der Waals surface area contributed by atoms with E-state index in [9.17, 15) is 4.79 Å². The Bertz CT molecular complexity index is 634. The van der Waals surface area contributed by atoms with Crippen molar-refractivity contribution in [3.8, 4) is 0 Å². The summed E-state index contributed by atoms with van der Waals surface area (Å²) >= 11 is 3.31. The van der Waals surface area contributed by atoms with Crippen molar-refractivity contribution in [1.29, 1.82) is 0 Å². The van der Waals surface area contributed by atoms with Crippen molar-refractivity contribution in [2.45, 2.75) is 19.9 Å². The van der Waals surface area contributed by atoms with E-state index in [2.05, 4.69) is 26.3 Å². The minimum atomic E-state index is -0.157. The lowest BCUT2D eigenvalue weighted by Gasteiger charge is -2.12. The molecule has 100 valence electrons. The van der Waals surface area contributed by atoms with Gasteiger partial charge in [0, 0.05) is 11.4 Å². The van der Waals surface area contributed by atoms with Gasteiger partial charge < -0.3 is 11.1 Å². The summed E-state index contributed by atoms with van der Waals surface area (Å²) in [4.78, 5) is 12.1. The van der Waals surface area contributed by atoms with Crippen LogP contribution in [0.3, 0.4) is 0 Å². The Morgan fingerprint density at radius 1 is 1.32 bits per heavy atom. The number of hydrogen-bond donors (Lipinski definition) is 2. The molecule has 0 saturated heterocycles. The third kappa shape index (κ3) is 2.96. The number of nitrogens with two attached hydrogens (primary N) is 1. The molecule has 0 amide bonds. The van der Waals surface area contributed by atoms with Crippen LogP contribution in [0.25, 0.3) is 0 Å². The van der Waals surface area contributed by atoms with E-state index in [-0.39, 0.29) is 11.6 Å². The molecule has 0 aliphatic heterocycles. The van der Waals surface area contributed by atoms with Gasteiger partial charge in [-0.2, -0.15) is 5.10 Å². The predicted molar refractivity (Wildman–Crippen MR) is 80.7 cm³/mol. The average Bonchev–Trinajstić information content (AvgIpc) is 2.37. The maximum absolute atomic E-state index is 12.1. The maximum Gasteiger partial charge on any atom is 0.283 e. The second kappa shape index (κ2) is 5.44. The average molecular weight is 323 g/mol. The van der Waals surface area contributed by atoms with E-state index in [1.165, 1.54) is 4.68 Å². The Balaban J connectivity index is 2.34. The Morgan fingerprint density at radius 2 is 1.95 bits per heavy atom. The van der Waals surface area contributed by atoms with E-state index in [0.717, 1.165) is 5.69 Å². The molecule has 0 saturated carbocycles. The summed E-state index contributed by atoms with van der Waals surface area (Å²) in [6, 6.07) is 7.29. The summed E-state index contributed by atoms with van der Waals surface area (Å²) in [7, 11) is 0. The third-order valence-electron chi connectivity index (χ3n) is 2.62. The van der Waals surface area contributed by atoms with Crippen LogP contribution in [0.4, 0.5) is 17.1 Å². The van der Waals surface area contributed by atoms with Crippen molar-refractivity contribution >= 4 is 33.0 Å². The zero-order valence-electron chi connectivity index (χ0n) is 10.7. The number of nitrogens with one attached hydrogen (secondary N) is 1. The van der Waals surface area contributed by atoms with Crippen LogP contribution < -0.4 is 16.6 Å². The molecule has 0 aliphatic rings. The summed E-state index contributed by atoms with van der Waals surface area (Å²) in [6.45, 7) is 3.82. The number of halogens is 1. The topological polar surface area (TPSA) is 72.9 Å². The molecular formula is C13H15BrN4O. The molecule has 2 aromatic rings. The summed E-state index contributed by atoms with van der Waals surface area (Å²) in [6.07, 6.45) is 1.63. The second-order valence-electron chi connectivity index (χ2n) is 4.46. The van der Waals surface area contributed by atoms with Crippen LogP contribution in [-0.4, -0.2) is 9.78 Å². The summed E-state index contributed by atoms with van der Waals surface area (Å²) < 4.78 is 1.89. The van der Waals surface area contributed by atoms with Crippen molar-refractivity contribution in [2.75, 3.05) is 11.1 Å². The van der Waals surface area contributed by atoms with Crippen LogP contribution in [0.15, 0.2) is 39.7 Å². The van der Waals surface area contributed by atoms with E-state index in [1.54, 1.807) is 18.3 Å². The Morgan fingerprint density at radius 3 is 2.53 bits per heavy atom. The molecule has 0 unspecified atom stereocenters. The first-order chi connectivity index (χ1) is 8.99. The molecule has 19 heavy (non-hydrogen) atoms. The minimum absolute atomic E-state index is 0.0226. The standard InChI is InChI=1S/C13H15BrN4O/c1-8(2)18-13(19)12(14)11(7-16-18)17-10-5-3-9(15)4-6-10/h3-8,17H,15H2,1-2H3. The molecule has 0 bridgehead atoms. The highest BCUT2D eigenvalue weighted by molar-refractivity contribution is 9.10. The van der Waals surface area contributed by atoms with Gasteiger partial charge in [0.15, 0.2) is 0 Å². The van der Waals surface area contributed by atoms with Crippen LogP contribution >= 0.6 is 15.9 Å². The highest BCUT2D eigenvalue weighted by Crippen LogP contribution is 2.22. The van der Waals surface area contributed by atoms with Gasteiger partial charge in [0.2, 0.25) is 0 Å². The zero-order valence-corrected chi connectivity index (χ0v) is 12.3. The Kier molecular flexibility index (Phi) is 3.90. The third-order valence-corrected chi connectivity index (χ3v) is 3.39. The highest BCUT2D eigenvalue weighted by atomic mass is 79.9. The molecule has 2 rings (SSSR count). The van der Waals surface area contributed by atoms with Crippen LogP contribution in [0, 0.1) is 0 Å². The van der Waals surface area contributed by atoms with E-state index >= 15 is 0 Å². The summed E-state index contributed by atoms with van der Waals surface area (Å²) in [5.74, 6) is 0. The number of benzene rings is 1. The van der Waals surface area contributed by atoms with Gasteiger partial charge in [-0.3, -0.25) is 4.79 Å². The van der Waals surface area contributed by atoms with Crippen molar-refractivity contribution in [1.82, 2.24) is 9.78 Å². The zero-order chi connectivity index (χ0) is 14.0. The molecule has 1 heterocycles. The molecule has 6 heteroatoms. The van der Waals surface area contributed by atoms with Crippen molar-refractivity contribution in [2.24, 2.45) is 0 Å². The first kappa shape index (κ1) is 13.6. The van der Waals surface area contributed by atoms with Crippen LogP contribution in [-0.2, 0) is 0 Å². The van der Waals surface area contributed by atoms with Gasteiger partial charge in [-0.25, -0.2) is 4.68 Å². The van der Waals surface area contributed by atoms with Gasteiger partial charge >= 0.3 is 0 Å². The van der Waals surface area contributed by atoms with Gasteiger partial charge in [0.25, 0.3) is 5.56 Å². The van der Waals surface area contributed by atoms with E-state index in [1.807, 2.05) is 26.0 Å². The lowest BCUT2D eigenvalue weighted by atomic mass is 10.3. The van der Waals surface area contributed by atoms with E-state index in [0.29, 0.717) is 15.8 Å². The van der Waals surface area contributed by atoms with Gasteiger partial charge in [-0.05, 0) is 54.0 Å². The number of anilines is 3. The van der Waals surface area contributed by atoms with Crippen LogP contribution in [0.2, 0.25) is 0 Å². The van der Waals surface area contributed by atoms with E-state index in [4.69, 9.17) is 5.73 Å². The normalized spacial score (nSPS) is 10.7. The number of nitrogen functional groups attached to an aromatic ring is 1. The molecule has 0 aliphatic carbocycles. The SMILES string of the molecule is CC(C)n1ncc(Nc2ccc(N)cc2)c(Br)c1=O. The number of hydrogen-bond acceptors (Lipinski definition) is 4. The molecule has 1 aromatic carbocycles. The molecule has 3 N–H and O–H groups in total. The quantitative estimate of drug-likeness (QED) is 0.852. The second-order valence-corrected chi connectivity index (χ2v) is 5.26. The Hall–Kier alpha value is -1.82.